The summed E-state index contributed by atoms with van der Waals surface area (Å²) in [5.41, 5.74) is 8.26. The predicted octanol–water partition coefficient (Wildman–Crippen LogP) is 2.41. The number of rotatable bonds is 2. The van der Waals surface area contributed by atoms with Crippen molar-refractivity contribution >= 4 is 0 Å². The molecule has 0 bridgehead atoms. The smallest absolute Gasteiger partial charge is 0.0178 e. The van der Waals surface area contributed by atoms with Gasteiger partial charge in [0.1, 0.15) is 0 Å². The van der Waals surface area contributed by atoms with Crippen LogP contribution < -0.4 is 5.73 Å². The molecule has 1 aromatic carbocycles. The number of nitrogens with two attached hydrogens (primary N) is 1. The fraction of sp³-hybridized carbons (Fsp3) is 0.455. The average molecular weight is 161 g/mol. The van der Waals surface area contributed by atoms with Crippen molar-refractivity contribution in [2.45, 2.75) is 31.7 Å². The first kappa shape index (κ1) is 7.81. The van der Waals surface area contributed by atoms with E-state index in [1.807, 2.05) is 0 Å². The Morgan fingerprint density at radius 1 is 1.17 bits per heavy atom. The van der Waals surface area contributed by atoms with Gasteiger partial charge >= 0.3 is 0 Å². The van der Waals surface area contributed by atoms with Crippen LogP contribution in [0, 0.1) is 0 Å². The summed E-state index contributed by atoms with van der Waals surface area (Å²) in [6.07, 6.45) is 4.16. The summed E-state index contributed by atoms with van der Waals surface area (Å²) in [4.78, 5) is 0. The number of hydrogen-bond acceptors (Lipinski definition) is 1. The first-order valence-corrected chi connectivity index (χ1v) is 4.69. The van der Waals surface area contributed by atoms with Gasteiger partial charge in [0.25, 0.3) is 0 Å². The molecule has 0 saturated heterocycles. The highest BCUT2D eigenvalue weighted by molar-refractivity contribution is 5.26. The molecule has 64 valence electrons. The van der Waals surface area contributed by atoms with Gasteiger partial charge in [-0.25, -0.2) is 0 Å². The van der Waals surface area contributed by atoms with Crippen molar-refractivity contribution in [2.24, 2.45) is 5.73 Å². The van der Waals surface area contributed by atoms with Gasteiger partial charge < -0.3 is 5.73 Å². The molecule has 0 aliphatic heterocycles. The predicted molar refractivity (Wildman–Crippen MR) is 50.9 cm³/mol. The molecule has 0 spiro atoms. The molecule has 1 heteroatoms. The van der Waals surface area contributed by atoms with E-state index in [1.165, 1.54) is 30.4 Å². The van der Waals surface area contributed by atoms with E-state index in [9.17, 15) is 0 Å². The van der Waals surface area contributed by atoms with Crippen molar-refractivity contribution in [3.8, 4) is 0 Å². The summed E-state index contributed by atoms with van der Waals surface area (Å²) >= 11 is 0. The maximum absolute atomic E-state index is 5.52. The molecule has 1 saturated carbocycles. The van der Waals surface area contributed by atoms with E-state index in [4.69, 9.17) is 5.73 Å². The molecular formula is C11H15N. The molecule has 0 unspecified atom stereocenters. The molecule has 1 aliphatic rings. The van der Waals surface area contributed by atoms with Crippen molar-refractivity contribution in [2.75, 3.05) is 0 Å². The topological polar surface area (TPSA) is 26.0 Å². The SMILES string of the molecule is NCc1ccc(C2CCC2)cc1. The van der Waals surface area contributed by atoms with Crippen molar-refractivity contribution in [1.82, 2.24) is 0 Å². The van der Waals surface area contributed by atoms with Gasteiger partial charge in [-0.15, -0.1) is 0 Å². The Balaban J connectivity index is 2.13. The highest BCUT2D eigenvalue weighted by Gasteiger charge is 2.18. The molecule has 0 radical (unpaired) electrons. The van der Waals surface area contributed by atoms with Gasteiger partial charge in [-0.2, -0.15) is 0 Å². The van der Waals surface area contributed by atoms with Gasteiger partial charge in [0.2, 0.25) is 0 Å². The van der Waals surface area contributed by atoms with E-state index in [0.717, 1.165) is 5.92 Å². The Morgan fingerprint density at radius 3 is 2.25 bits per heavy atom. The van der Waals surface area contributed by atoms with Gasteiger partial charge in [-0.3, -0.25) is 0 Å². The minimum absolute atomic E-state index is 0.658. The summed E-state index contributed by atoms with van der Waals surface area (Å²) in [5.74, 6) is 0.844. The Bertz CT molecular complexity index is 246. The van der Waals surface area contributed by atoms with Gasteiger partial charge in [-0.05, 0) is 29.9 Å². The monoisotopic (exact) mass is 161 g/mol. The molecule has 2 rings (SSSR count). The highest BCUT2D eigenvalue weighted by atomic mass is 14.5. The van der Waals surface area contributed by atoms with E-state index < -0.39 is 0 Å². The first-order chi connectivity index (χ1) is 5.90. The third kappa shape index (κ3) is 1.37. The van der Waals surface area contributed by atoms with Gasteiger partial charge in [-0.1, -0.05) is 30.7 Å². The van der Waals surface area contributed by atoms with Crippen molar-refractivity contribution < 1.29 is 0 Å². The third-order valence-corrected chi connectivity index (χ3v) is 2.79. The second kappa shape index (κ2) is 3.28. The molecule has 1 nitrogen and oxygen atoms in total. The molecule has 0 atom stereocenters. The second-order valence-electron chi connectivity index (χ2n) is 3.57. The fourth-order valence-corrected chi connectivity index (χ4v) is 1.67. The van der Waals surface area contributed by atoms with E-state index in [0.29, 0.717) is 6.54 Å². The fourth-order valence-electron chi connectivity index (χ4n) is 1.67. The lowest BCUT2D eigenvalue weighted by Gasteiger charge is -2.25. The van der Waals surface area contributed by atoms with Crippen LogP contribution in [0.4, 0.5) is 0 Å². The maximum Gasteiger partial charge on any atom is 0.0178 e. The van der Waals surface area contributed by atoms with Crippen LogP contribution in [-0.4, -0.2) is 0 Å². The molecular weight excluding hydrogens is 146 g/mol. The van der Waals surface area contributed by atoms with Crippen LogP contribution in [0.2, 0.25) is 0 Å². The molecule has 0 aromatic heterocycles. The highest BCUT2D eigenvalue weighted by Crippen LogP contribution is 2.36. The zero-order valence-electron chi connectivity index (χ0n) is 7.29. The second-order valence-corrected chi connectivity index (χ2v) is 3.57. The summed E-state index contributed by atoms with van der Waals surface area (Å²) in [6.45, 7) is 0.658. The van der Waals surface area contributed by atoms with E-state index in [2.05, 4.69) is 24.3 Å². The standard InChI is InChI=1S/C11H15N/c12-8-9-4-6-11(7-5-9)10-2-1-3-10/h4-7,10H,1-3,8,12H2. The molecule has 12 heavy (non-hydrogen) atoms. The normalized spacial score (nSPS) is 17.4. The van der Waals surface area contributed by atoms with Crippen molar-refractivity contribution in [1.29, 1.82) is 0 Å². The Morgan fingerprint density at radius 2 is 1.83 bits per heavy atom. The third-order valence-electron chi connectivity index (χ3n) is 2.79. The minimum atomic E-state index is 0.658. The number of hydrogen-bond donors (Lipinski definition) is 1. The van der Waals surface area contributed by atoms with Crippen LogP contribution in [0.3, 0.4) is 0 Å². The zero-order valence-corrected chi connectivity index (χ0v) is 7.29. The largest absolute Gasteiger partial charge is 0.326 e. The lowest BCUT2D eigenvalue weighted by molar-refractivity contribution is 0.419. The first-order valence-electron chi connectivity index (χ1n) is 4.69. The van der Waals surface area contributed by atoms with Crippen molar-refractivity contribution in [3.63, 3.8) is 0 Å². The Kier molecular flexibility index (Phi) is 2.13. The average Bonchev–Trinajstić information content (AvgIpc) is 2.03. The number of benzene rings is 1. The molecule has 0 heterocycles. The van der Waals surface area contributed by atoms with Crippen LogP contribution in [0.1, 0.15) is 36.3 Å². The van der Waals surface area contributed by atoms with Gasteiger partial charge in [0.15, 0.2) is 0 Å². The van der Waals surface area contributed by atoms with E-state index in [1.54, 1.807) is 0 Å². The summed E-state index contributed by atoms with van der Waals surface area (Å²) in [7, 11) is 0. The summed E-state index contributed by atoms with van der Waals surface area (Å²) in [6, 6.07) is 8.75. The van der Waals surface area contributed by atoms with Crippen LogP contribution in [0.5, 0.6) is 0 Å². The zero-order chi connectivity index (χ0) is 8.39. The lowest BCUT2D eigenvalue weighted by atomic mass is 9.80. The maximum atomic E-state index is 5.52. The summed E-state index contributed by atoms with van der Waals surface area (Å²) < 4.78 is 0. The summed E-state index contributed by atoms with van der Waals surface area (Å²) in [5, 5.41) is 0. The molecule has 1 fully saturated rings. The Hall–Kier alpha value is -0.820. The van der Waals surface area contributed by atoms with Gasteiger partial charge in [0, 0.05) is 6.54 Å². The molecule has 2 N–H and O–H groups in total. The van der Waals surface area contributed by atoms with Crippen LogP contribution in [0.25, 0.3) is 0 Å². The minimum Gasteiger partial charge on any atom is -0.326 e. The van der Waals surface area contributed by atoms with Crippen LogP contribution >= 0.6 is 0 Å². The molecule has 1 aliphatic carbocycles. The van der Waals surface area contributed by atoms with Crippen LogP contribution in [0.15, 0.2) is 24.3 Å². The quantitative estimate of drug-likeness (QED) is 0.708. The molecule has 1 aromatic rings. The van der Waals surface area contributed by atoms with E-state index in [-0.39, 0.29) is 0 Å². The van der Waals surface area contributed by atoms with Crippen molar-refractivity contribution in [3.05, 3.63) is 35.4 Å². The molecule has 0 amide bonds. The van der Waals surface area contributed by atoms with Gasteiger partial charge in [0.05, 0.1) is 0 Å². The lowest BCUT2D eigenvalue weighted by Crippen LogP contribution is -2.08. The Labute approximate surface area is 73.6 Å². The van der Waals surface area contributed by atoms with Crippen LogP contribution in [-0.2, 0) is 6.54 Å². The van der Waals surface area contributed by atoms with E-state index >= 15 is 0 Å².